The molecule has 96 heavy (non-hydrogen) atoms. The second-order valence-corrected chi connectivity index (χ2v) is 27.3. The molecule has 6 aromatic heterocycles. The van der Waals surface area contributed by atoms with Crippen molar-refractivity contribution >= 4 is 150 Å². The first-order valence-electron chi connectivity index (χ1n) is 32.8. The third-order valence-corrected chi connectivity index (χ3v) is 22.1. The van der Waals surface area contributed by atoms with Crippen molar-refractivity contribution in [2.75, 3.05) is 0 Å². The van der Waals surface area contributed by atoms with Gasteiger partial charge >= 0.3 is 0 Å². The maximum atomic E-state index is 2.43. The van der Waals surface area contributed by atoms with Gasteiger partial charge in [-0.15, -0.1) is 22.7 Å². The van der Waals surface area contributed by atoms with Crippen LogP contribution in [0, 0.1) is 0 Å². The Bertz CT molecular complexity index is 6710. The molecule has 15 aromatic carbocycles. The first-order valence-corrected chi connectivity index (χ1v) is 34.4. The zero-order chi connectivity index (χ0) is 63.0. The number of thiophene rings is 2. The Hall–Kier alpha value is -12.1. The van der Waals surface area contributed by atoms with E-state index in [4.69, 9.17) is 0 Å². The van der Waals surface area contributed by atoms with Crippen molar-refractivity contribution in [3.8, 4) is 56.1 Å². The molecule has 21 rings (SSSR count). The fourth-order valence-electron chi connectivity index (χ4n) is 15.5. The van der Waals surface area contributed by atoms with E-state index in [1.165, 1.54) is 178 Å². The SMILES string of the molecule is c1ccc(-c2cccc(-n3c4ccccc4c4cc(-c5ccc6c(c5)c5ccccc5n6-c5ccc6sc7ccccc7c6c5)ccc43)c2)cc1.c1ccc(-n2c3ccccc3c3cc(-c4ccc5c(c4)c4ccccc4n5-c4ccc5sc6ccccc6c5c4)ccc32)cc1. The molecule has 0 aliphatic heterocycles. The lowest BCUT2D eigenvalue weighted by molar-refractivity contribution is 1.18. The molecule has 0 aliphatic carbocycles. The van der Waals surface area contributed by atoms with Gasteiger partial charge in [0.25, 0.3) is 0 Å². The van der Waals surface area contributed by atoms with Crippen LogP contribution >= 0.6 is 22.7 Å². The maximum absolute atomic E-state index is 2.43. The maximum Gasteiger partial charge on any atom is 0.0541 e. The summed E-state index contributed by atoms with van der Waals surface area (Å²) in [6.45, 7) is 0. The fourth-order valence-corrected chi connectivity index (χ4v) is 17.6. The molecule has 21 aromatic rings. The van der Waals surface area contributed by atoms with Crippen molar-refractivity contribution < 1.29 is 0 Å². The van der Waals surface area contributed by atoms with E-state index in [2.05, 4.69) is 358 Å². The zero-order valence-electron chi connectivity index (χ0n) is 51.9. The number of fused-ring (bicyclic) bond motifs is 18. The predicted octanol–water partition coefficient (Wildman–Crippen LogP) is 25.5. The summed E-state index contributed by atoms with van der Waals surface area (Å²) in [7, 11) is 0. The highest BCUT2D eigenvalue weighted by Gasteiger charge is 2.20. The number of hydrogen-bond donors (Lipinski definition) is 0. The molecule has 0 unspecified atom stereocenters. The van der Waals surface area contributed by atoms with E-state index in [0.717, 1.165) is 5.69 Å². The second kappa shape index (κ2) is 21.8. The van der Waals surface area contributed by atoms with Crippen molar-refractivity contribution in [3.63, 3.8) is 0 Å². The van der Waals surface area contributed by atoms with E-state index < -0.39 is 0 Å². The minimum Gasteiger partial charge on any atom is -0.309 e. The third kappa shape index (κ3) is 8.59. The third-order valence-electron chi connectivity index (χ3n) is 19.8. The quantitative estimate of drug-likeness (QED) is 0.152. The molecule has 0 spiro atoms. The number of nitrogens with zero attached hydrogens (tertiary/aromatic N) is 4. The molecule has 0 saturated heterocycles. The van der Waals surface area contributed by atoms with E-state index in [1.807, 2.05) is 22.7 Å². The Morgan fingerprint density at radius 3 is 0.833 bits per heavy atom. The van der Waals surface area contributed by atoms with Gasteiger partial charge in [0.2, 0.25) is 0 Å². The molecule has 6 heteroatoms. The molecule has 0 N–H and O–H groups in total. The van der Waals surface area contributed by atoms with Crippen LogP contribution < -0.4 is 0 Å². The predicted molar refractivity (Wildman–Crippen MR) is 412 cm³/mol. The lowest BCUT2D eigenvalue weighted by Crippen LogP contribution is -1.94. The van der Waals surface area contributed by atoms with Crippen LogP contribution in [-0.2, 0) is 0 Å². The highest BCUT2D eigenvalue weighted by Crippen LogP contribution is 2.44. The Morgan fingerprint density at radius 2 is 0.427 bits per heavy atom. The number of para-hydroxylation sites is 5. The van der Waals surface area contributed by atoms with E-state index in [1.54, 1.807) is 0 Å². The van der Waals surface area contributed by atoms with Gasteiger partial charge in [-0.05, 0) is 179 Å². The molecule has 0 fully saturated rings. The number of rotatable bonds is 7. The van der Waals surface area contributed by atoms with Gasteiger partial charge in [-0.2, -0.15) is 0 Å². The molecule has 0 amide bonds. The minimum atomic E-state index is 1.16. The lowest BCUT2D eigenvalue weighted by atomic mass is 10.0. The summed E-state index contributed by atoms with van der Waals surface area (Å²) in [5, 5.41) is 15.4. The summed E-state index contributed by atoms with van der Waals surface area (Å²) >= 11 is 3.73. The standard InChI is InChI=1S/C48H30N2S.C42H26N2S/c1-2-11-31(12-3-1)32-13-10-14-35(27-32)49-43-18-7-4-15-37(43)40-28-33(21-24-45(40)49)34-22-25-46-41(29-34)38-16-5-8-19-44(38)50(46)36-23-26-48-42(30-36)39-17-6-9-20-47(39)51-48;1-2-10-29(11-3-1)43-37-15-7-4-12-31(37)34-24-27(18-21-39(34)43)28-19-22-40-35(25-28)32-13-5-8-16-38(32)44(40)30-20-23-42-36(26-30)33-14-6-9-17-41(33)45-42/h1-30H;1-26H. The molecule has 0 radical (unpaired) electrons. The highest BCUT2D eigenvalue weighted by molar-refractivity contribution is 7.26. The Balaban J connectivity index is 0.000000132. The van der Waals surface area contributed by atoms with Gasteiger partial charge in [0.1, 0.15) is 0 Å². The van der Waals surface area contributed by atoms with Crippen LogP contribution in [0.15, 0.2) is 340 Å². The first kappa shape index (κ1) is 54.5. The van der Waals surface area contributed by atoms with Crippen molar-refractivity contribution in [3.05, 3.63) is 340 Å². The van der Waals surface area contributed by atoms with Gasteiger partial charge in [0, 0.05) is 106 Å². The van der Waals surface area contributed by atoms with E-state index in [9.17, 15) is 0 Å². The van der Waals surface area contributed by atoms with Crippen LogP contribution in [-0.4, -0.2) is 18.3 Å². The molecular weight excluding hydrogens is 1200 g/mol. The first-order chi connectivity index (χ1) is 47.6. The normalized spacial score (nSPS) is 12.0. The summed E-state index contributed by atoms with van der Waals surface area (Å²) in [6, 6.07) is 124. The number of aromatic nitrogens is 4. The molecule has 4 nitrogen and oxygen atoms in total. The van der Waals surface area contributed by atoms with Crippen LogP contribution in [0.5, 0.6) is 0 Å². The van der Waals surface area contributed by atoms with Gasteiger partial charge in [0.15, 0.2) is 0 Å². The summed E-state index contributed by atoms with van der Waals surface area (Å²) in [5.41, 5.74) is 21.8. The van der Waals surface area contributed by atoms with E-state index in [0.29, 0.717) is 0 Å². The summed E-state index contributed by atoms with van der Waals surface area (Å²) in [4.78, 5) is 0. The Labute approximate surface area is 560 Å². The number of benzene rings is 15. The van der Waals surface area contributed by atoms with Crippen molar-refractivity contribution in [2.45, 2.75) is 0 Å². The summed E-state index contributed by atoms with van der Waals surface area (Å²) < 4.78 is 15.0. The van der Waals surface area contributed by atoms with Crippen LogP contribution in [0.1, 0.15) is 0 Å². The smallest absolute Gasteiger partial charge is 0.0541 e. The van der Waals surface area contributed by atoms with Crippen LogP contribution in [0.4, 0.5) is 0 Å². The van der Waals surface area contributed by atoms with Gasteiger partial charge in [-0.25, -0.2) is 0 Å². The van der Waals surface area contributed by atoms with Crippen LogP contribution in [0.25, 0.3) is 184 Å². The number of hydrogen-bond acceptors (Lipinski definition) is 2. The fraction of sp³-hybridized carbons (Fsp3) is 0. The van der Waals surface area contributed by atoms with Gasteiger partial charge in [-0.1, -0.05) is 194 Å². The second-order valence-electron chi connectivity index (χ2n) is 25.1. The Kier molecular flexibility index (Phi) is 12.4. The monoisotopic (exact) mass is 1260 g/mol. The zero-order valence-corrected chi connectivity index (χ0v) is 53.6. The average molecular weight is 1260 g/mol. The molecule has 448 valence electrons. The van der Waals surface area contributed by atoms with Gasteiger partial charge < -0.3 is 18.3 Å². The van der Waals surface area contributed by atoms with Crippen molar-refractivity contribution in [1.29, 1.82) is 0 Å². The largest absolute Gasteiger partial charge is 0.309 e. The summed E-state index contributed by atoms with van der Waals surface area (Å²) in [5.74, 6) is 0. The molecular formula is C90H56N4S2. The van der Waals surface area contributed by atoms with Gasteiger partial charge in [-0.3, -0.25) is 0 Å². The van der Waals surface area contributed by atoms with Crippen LogP contribution in [0.3, 0.4) is 0 Å². The minimum absolute atomic E-state index is 1.16. The Morgan fingerprint density at radius 1 is 0.146 bits per heavy atom. The molecule has 0 atom stereocenters. The van der Waals surface area contributed by atoms with Crippen molar-refractivity contribution in [2.24, 2.45) is 0 Å². The molecule has 0 bridgehead atoms. The van der Waals surface area contributed by atoms with Crippen molar-refractivity contribution in [1.82, 2.24) is 18.3 Å². The van der Waals surface area contributed by atoms with Crippen LogP contribution in [0.2, 0.25) is 0 Å². The lowest BCUT2D eigenvalue weighted by Gasteiger charge is -2.11. The molecule has 0 aliphatic rings. The highest BCUT2D eigenvalue weighted by atomic mass is 32.1. The summed E-state index contributed by atoms with van der Waals surface area (Å²) in [6.07, 6.45) is 0. The molecule has 6 heterocycles. The van der Waals surface area contributed by atoms with Gasteiger partial charge in [0.05, 0.1) is 44.1 Å². The van der Waals surface area contributed by atoms with E-state index >= 15 is 0 Å². The topological polar surface area (TPSA) is 19.7 Å². The average Bonchev–Trinajstić information content (AvgIpc) is 1.57. The van der Waals surface area contributed by atoms with E-state index in [-0.39, 0.29) is 0 Å². The molecule has 0 saturated carbocycles.